The normalized spacial score (nSPS) is 15.0. The maximum absolute atomic E-state index is 13.9. The lowest BCUT2D eigenvalue weighted by molar-refractivity contribution is 0.0593. The molecule has 1 aliphatic rings. The van der Waals surface area contributed by atoms with E-state index < -0.39 is 18.0 Å². The highest BCUT2D eigenvalue weighted by Gasteiger charge is 2.54. The fraction of sp³-hybridized carbons (Fsp3) is 0.333. The highest BCUT2D eigenvalue weighted by molar-refractivity contribution is 5.99. The van der Waals surface area contributed by atoms with E-state index in [1.54, 1.807) is 23.0 Å². The number of anilines is 2. The summed E-state index contributed by atoms with van der Waals surface area (Å²) in [7, 11) is 0. The predicted octanol–water partition coefficient (Wildman–Crippen LogP) is 5.63. The fourth-order valence-electron chi connectivity index (χ4n) is 5.10. The van der Waals surface area contributed by atoms with Crippen molar-refractivity contribution in [1.82, 2.24) is 29.6 Å². The van der Waals surface area contributed by atoms with Crippen LogP contribution < -0.4 is 10.6 Å². The van der Waals surface area contributed by atoms with Gasteiger partial charge in [-0.25, -0.2) is 18.0 Å². The summed E-state index contributed by atoms with van der Waals surface area (Å²) < 4.78 is 30.8. The van der Waals surface area contributed by atoms with Gasteiger partial charge in [0.25, 0.3) is 6.43 Å². The van der Waals surface area contributed by atoms with Crippen molar-refractivity contribution in [1.29, 1.82) is 10.5 Å². The zero-order valence-corrected chi connectivity index (χ0v) is 23.3. The van der Waals surface area contributed by atoms with Gasteiger partial charge in [-0.15, -0.1) is 5.10 Å². The van der Waals surface area contributed by atoms with E-state index >= 15 is 0 Å². The molecule has 4 heterocycles. The largest absolute Gasteiger partial charge is 0.383 e. The Morgan fingerprint density at radius 3 is 2.60 bits per heavy atom. The van der Waals surface area contributed by atoms with Gasteiger partial charge in [-0.1, -0.05) is 32.1 Å². The number of alkyl halides is 2. The standard InChI is InChI=1S/C30H28F2N10/c1-29(2,3)17-36-26-19(14-34)15-35-25-18(13-33)11-20(12-22(25)26)38-27(21-5-4-10-41-24(21)6-9-37-41)23-16-42(40-39-23)30(7-8-30)28(31)32/h4-6,9-12,15-16,27-28,38H,7-8,17H2,1-3H3,(H,35,36)/t27-/m0/s1. The number of fused-ring (bicyclic) bond motifs is 2. The monoisotopic (exact) mass is 566 g/mol. The van der Waals surface area contributed by atoms with Gasteiger partial charge in [0.05, 0.1) is 40.1 Å². The molecular formula is C30H28F2N10. The fourth-order valence-corrected chi connectivity index (χ4v) is 5.10. The molecule has 0 bridgehead atoms. The Bertz CT molecular complexity index is 1880. The van der Waals surface area contributed by atoms with E-state index in [9.17, 15) is 19.3 Å². The van der Waals surface area contributed by atoms with Gasteiger partial charge in [-0.2, -0.15) is 15.6 Å². The number of nitrogens with one attached hydrogen (secondary N) is 2. The molecule has 2 N–H and O–H groups in total. The molecule has 0 unspecified atom stereocenters. The van der Waals surface area contributed by atoms with E-state index in [-0.39, 0.29) is 5.41 Å². The summed E-state index contributed by atoms with van der Waals surface area (Å²) in [6.45, 7) is 6.83. The first kappa shape index (κ1) is 27.1. The highest BCUT2D eigenvalue weighted by atomic mass is 19.3. The SMILES string of the molecule is CC(C)(C)CNc1c(C#N)cnc2c(C#N)cc(N[C@H](c3cn(C4(C(F)F)CC4)nn3)c3cccn4nccc34)cc12. The Hall–Kier alpha value is -5.10. The van der Waals surface area contributed by atoms with Gasteiger partial charge in [0.2, 0.25) is 0 Å². The summed E-state index contributed by atoms with van der Waals surface area (Å²) in [4.78, 5) is 4.43. The number of benzene rings is 1. The maximum Gasteiger partial charge on any atom is 0.263 e. The van der Waals surface area contributed by atoms with Gasteiger partial charge in [0.1, 0.15) is 23.4 Å². The molecule has 0 aliphatic heterocycles. The number of aromatic nitrogens is 6. The molecule has 6 rings (SSSR count). The van der Waals surface area contributed by atoms with Crippen LogP contribution in [0.4, 0.5) is 20.2 Å². The summed E-state index contributed by atoms with van der Waals surface area (Å²) in [6.07, 6.45) is 4.63. The molecule has 4 aromatic heterocycles. The lowest BCUT2D eigenvalue weighted by atomic mass is 9.96. The van der Waals surface area contributed by atoms with Gasteiger partial charge in [-0.05, 0) is 42.5 Å². The molecule has 0 saturated heterocycles. The van der Waals surface area contributed by atoms with Crippen LogP contribution in [-0.4, -0.2) is 42.6 Å². The molecule has 0 amide bonds. The van der Waals surface area contributed by atoms with Crippen LogP contribution in [0, 0.1) is 28.1 Å². The Balaban J connectivity index is 1.49. The number of halogens is 2. The zero-order chi connectivity index (χ0) is 29.6. The van der Waals surface area contributed by atoms with E-state index in [1.165, 1.54) is 10.9 Å². The maximum atomic E-state index is 13.9. The number of rotatable bonds is 8. The number of hydrogen-bond acceptors (Lipinski definition) is 8. The average Bonchev–Trinajstić information content (AvgIpc) is 3.39. The minimum absolute atomic E-state index is 0.0752. The van der Waals surface area contributed by atoms with E-state index in [0.717, 1.165) is 11.1 Å². The molecule has 212 valence electrons. The second kappa shape index (κ2) is 10.1. The quantitative estimate of drug-likeness (QED) is 0.247. The third-order valence-electron chi connectivity index (χ3n) is 7.53. The number of hydrogen-bond donors (Lipinski definition) is 2. The molecule has 5 aromatic rings. The second-order valence-electron chi connectivity index (χ2n) is 11.8. The van der Waals surface area contributed by atoms with Gasteiger partial charge >= 0.3 is 0 Å². The zero-order valence-electron chi connectivity index (χ0n) is 23.3. The average molecular weight is 567 g/mol. The molecule has 0 radical (unpaired) electrons. The Kier molecular flexibility index (Phi) is 6.49. The topological polar surface area (TPSA) is 133 Å². The highest BCUT2D eigenvalue weighted by Crippen LogP contribution is 2.48. The molecular weight excluding hydrogens is 538 g/mol. The van der Waals surface area contributed by atoms with Crippen molar-refractivity contribution >= 4 is 27.8 Å². The van der Waals surface area contributed by atoms with Crippen LogP contribution in [0.15, 0.2) is 55.1 Å². The van der Waals surface area contributed by atoms with Gasteiger partial charge in [0.15, 0.2) is 0 Å². The minimum Gasteiger partial charge on any atom is -0.383 e. The van der Waals surface area contributed by atoms with E-state index in [2.05, 4.69) is 63.9 Å². The van der Waals surface area contributed by atoms with Crippen LogP contribution in [0.3, 0.4) is 0 Å². The number of nitriles is 2. The Labute approximate surface area is 240 Å². The molecule has 1 aromatic carbocycles. The summed E-state index contributed by atoms with van der Waals surface area (Å²) in [5.74, 6) is 0. The molecule has 12 heteroatoms. The van der Waals surface area contributed by atoms with Crippen LogP contribution in [-0.2, 0) is 5.54 Å². The smallest absolute Gasteiger partial charge is 0.263 e. The van der Waals surface area contributed by atoms with Gasteiger partial charge in [-0.3, -0.25) is 4.98 Å². The predicted molar refractivity (Wildman–Crippen MR) is 153 cm³/mol. The van der Waals surface area contributed by atoms with E-state index in [1.807, 2.05) is 30.5 Å². The second-order valence-corrected chi connectivity index (χ2v) is 11.8. The molecule has 1 saturated carbocycles. The van der Waals surface area contributed by atoms with Crippen LogP contribution >= 0.6 is 0 Å². The first-order valence-electron chi connectivity index (χ1n) is 13.5. The van der Waals surface area contributed by atoms with Gasteiger partial charge < -0.3 is 10.6 Å². The van der Waals surface area contributed by atoms with Crippen LogP contribution in [0.25, 0.3) is 16.4 Å². The van der Waals surface area contributed by atoms with Gasteiger partial charge in [0, 0.05) is 41.8 Å². The van der Waals surface area contributed by atoms with Crippen molar-refractivity contribution in [3.05, 3.63) is 77.5 Å². The lowest BCUT2D eigenvalue weighted by Crippen LogP contribution is -2.26. The summed E-state index contributed by atoms with van der Waals surface area (Å²) >= 11 is 0. The third kappa shape index (κ3) is 4.75. The van der Waals surface area contributed by atoms with Crippen LogP contribution in [0.2, 0.25) is 0 Å². The third-order valence-corrected chi connectivity index (χ3v) is 7.53. The first-order valence-corrected chi connectivity index (χ1v) is 13.5. The molecule has 1 atom stereocenters. The lowest BCUT2D eigenvalue weighted by Gasteiger charge is -2.22. The van der Waals surface area contributed by atoms with Crippen molar-refractivity contribution in [2.24, 2.45) is 5.41 Å². The van der Waals surface area contributed by atoms with Crippen molar-refractivity contribution < 1.29 is 8.78 Å². The van der Waals surface area contributed by atoms with Crippen LogP contribution in [0.1, 0.15) is 62.0 Å². The van der Waals surface area contributed by atoms with Crippen molar-refractivity contribution in [3.63, 3.8) is 0 Å². The molecule has 42 heavy (non-hydrogen) atoms. The number of nitrogens with zero attached hydrogens (tertiary/aromatic N) is 8. The molecule has 10 nitrogen and oxygen atoms in total. The van der Waals surface area contributed by atoms with Crippen LogP contribution in [0.5, 0.6) is 0 Å². The number of pyridine rings is 2. The van der Waals surface area contributed by atoms with Crippen molar-refractivity contribution in [2.45, 2.75) is 51.6 Å². The molecule has 0 spiro atoms. The molecule has 1 aliphatic carbocycles. The Morgan fingerprint density at radius 2 is 1.90 bits per heavy atom. The van der Waals surface area contributed by atoms with E-state index in [4.69, 9.17) is 0 Å². The molecule has 1 fully saturated rings. The summed E-state index contributed by atoms with van der Waals surface area (Å²) in [5, 5.41) is 40.2. The Morgan fingerprint density at radius 1 is 1.12 bits per heavy atom. The van der Waals surface area contributed by atoms with Crippen molar-refractivity contribution in [3.8, 4) is 12.1 Å². The minimum atomic E-state index is -2.56. The summed E-state index contributed by atoms with van der Waals surface area (Å²) in [5.41, 5.74) is 2.90. The first-order chi connectivity index (χ1) is 20.1. The van der Waals surface area contributed by atoms with E-state index in [0.29, 0.717) is 58.5 Å². The summed E-state index contributed by atoms with van der Waals surface area (Å²) in [6, 6.07) is 12.9. The van der Waals surface area contributed by atoms with Crippen molar-refractivity contribution in [2.75, 3.05) is 17.2 Å².